The van der Waals surface area contributed by atoms with Crippen LogP contribution in [0.5, 0.6) is 0 Å². The van der Waals surface area contributed by atoms with Crippen LogP contribution in [0.2, 0.25) is 0 Å². The highest BCUT2D eigenvalue weighted by molar-refractivity contribution is 4.87. The largest absolute Gasteiger partial charge is 0.319 e. The fourth-order valence-corrected chi connectivity index (χ4v) is 4.69. The number of hydrogen-bond acceptors (Lipinski definition) is 1. The fraction of sp³-hybridized carbons (Fsp3) is 1.00. The van der Waals surface area contributed by atoms with Crippen molar-refractivity contribution in [3.63, 3.8) is 0 Å². The van der Waals surface area contributed by atoms with Gasteiger partial charge in [0.1, 0.15) is 0 Å². The highest BCUT2D eigenvalue weighted by atomic mass is 14.8. The fourth-order valence-electron chi connectivity index (χ4n) is 4.69. The molecule has 0 amide bonds. The van der Waals surface area contributed by atoms with Crippen LogP contribution >= 0.6 is 0 Å². The van der Waals surface area contributed by atoms with Crippen LogP contribution in [0.1, 0.15) is 65.2 Å². The van der Waals surface area contributed by atoms with Gasteiger partial charge in [0.2, 0.25) is 0 Å². The Hall–Kier alpha value is -0.0400. The summed E-state index contributed by atoms with van der Waals surface area (Å²) in [4.78, 5) is 0. The van der Waals surface area contributed by atoms with Gasteiger partial charge in [-0.15, -0.1) is 0 Å². The maximum Gasteiger partial charge on any atom is -0.00208 e. The van der Waals surface area contributed by atoms with Crippen molar-refractivity contribution in [3.05, 3.63) is 0 Å². The third kappa shape index (κ3) is 3.50. The predicted octanol–water partition coefficient (Wildman–Crippen LogP) is 4.47. The summed E-state index contributed by atoms with van der Waals surface area (Å²) in [6.07, 6.45) is 11.9. The normalized spacial score (nSPS) is 41.8. The van der Waals surface area contributed by atoms with Crippen molar-refractivity contribution < 1.29 is 0 Å². The number of hydrogen-bond donors (Lipinski definition) is 1. The first kappa shape index (κ1) is 14.4. The van der Waals surface area contributed by atoms with Gasteiger partial charge in [0.05, 0.1) is 0 Å². The molecular formula is C17H33N. The van der Waals surface area contributed by atoms with E-state index in [1.807, 2.05) is 0 Å². The summed E-state index contributed by atoms with van der Waals surface area (Å²) in [5, 5.41) is 3.45. The third-order valence-corrected chi connectivity index (χ3v) is 5.78. The molecule has 1 heteroatoms. The zero-order valence-corrected chi connectivity index (χ0v) is 12.8. The maximum absolute atomic E-state index is 3.45. The summed E-state index contributed by atoms with van der Waals surface area (Å²) in [6, 6.07) is 0. The van der Waals surface area contributed by atoms with E-state index in [9.17, 15) is 0 Å². The average Bonchev–Trinajstić information content (AvgIpc) is 2.39. The molecule has 0 aromatic rings. The topological polar surface area (TPSA) is 12.0 Å². The van der Waals surface area contributed by atoms with Gasteiger partial charge in [0.25, 0.3) is 0 Å². The molecule has 0 radical (unpaired) electrons. The van der Waals surface area contributed by atoms with Crippen molar-refractivity contribution in [2.45, 2.75) is 65.2 Å². The average molecular weight is 251 g/mol. The molecule has 2 rings (SSSR count). The van der Waals surface area contributed by atoms with Crippen molar-refractivity contribution in [2.24, 2.45) is 29.6 Å². The summed E-state index contributed by atoms with van der Waals surface area (Å²) in [6.45, 7) is 6.12. The molecule has 0 spiro atoms. The third-order valence-electron chi connectivity index (χ3n) is 5.78. The molecule has 5 atom stereocenters. The molecule has 2 fully saturated rings. The highest BCUT2D eigenvalue weighted by Crippen LogP contribution is 2.45. The Bertz CT molecular complexity index is 238. The Balaban J connectivity index is 1.98. The Morgan fingerprint density at radius 1 is 1.06 bits per heavy atom. The maximum atomic E-state index is 3.45. The van der Waals surface area contributed by atoms with E-state index in [0.29, 0.717) is 0 Å². The van der Waals surface area contributed by atoms with Gasteiger partial charge < -0.3 is 5.32 Å². The molecule has 18 heavy (non-hydrogen) atoms. The monoisotopic (exact) mass is 251 g/mol. The van der Waals surface area contributed by atoms with E-state index >= 15 is 0 Å². The lowest BCUT2D eigenvalue weighted by atomic mass is 9.63. The summed E-state index contributed by atoms with van der Waals surface area (Å²) in [5.41, 5.74) is 0. The predicted molar refractivity (Wildman–Crippen MR) is 79.7 cm³/mol. The van der Waals surface area contributed by atoms with Gasteiger partial charge >= 0.3 is 0 Å². The minimum absolute atomic E-state index is 0.966. The van der Waals surface area contributed by atoms with Crippen LogP contribution in [0.3, 0.4) is 0 Å². The molecule has 2 aliphatic carbocycles. The van der Waals surface area contributed by atoms with Crippen molar-refractivity contribution in [1.29, 1.82) is 0 Å². The molecule has 2 saturated carbocycles. The van der Waals surface area contributed by atoms with Gasteiger partial charge in [-0.25, -0.2) is 0 Å². The van der Waals surface area contributed by atoms with Crippen molar-refractivity contribution in [3.8, 4) is 0 Å². The molecule has 0 aliphatic heterocycles. The van der Waals surface area contributed by atoms with Crippen molar-refractivity contribution in [1.82, 2.24) is 5.32 Å². The molecule has 0 bridgehead atoms. The van der Waals surface area contributed by atoms with Gasteiger partial charge in [-0.2, -0.15) is 0 Å². The molecule has 5 unspecified atom stereocenters. The molecule has 2 aliphatic rings. The first-order chi connectivity index (χ1) is 8.74. The van der Waals surface area contributed by atoms with Gasteiger partial charge in [-0.05, 0) is 62.4 Å². The summed E-state index contributed by atoms with van der Waals surface area (Å²) in [7, 11) is 2.13. The second-order valence-corrected chi connectivity index (χ2v) is 7.10. The zero-order valence-electron chi connectivity index (χ0n) is 12.8. The smallest absolute Gasteiger partial charge is 0.00208 e. The van der Waals surface area contributed by atoms with E-state index < -0.39 is 0 Å². The van der Waals surface area contributed by atoms with E-state index in [1.54, 1.807) is 0 Å². The Morgan fingerprint density at radius 3 is 2.56 bits per heavy atom. The van der Waals surface area contributed by atoms with E-state index in [4.69, 9.17) is 0 Å². The van der Waals surface area contributed by atoms with Crippen LogP contribution in [-0.2, 0) is 0 Å². The van der Waals surface area contributed by atoms with E-state index in [2.05, 4.69) is 26.2 Å². The lowest BCUT2D eigenvalue weighted by Gasteiger charge is -2.43. The van der Waals surface area contributed by atoms with Crippen molar-refractivity contribution >= 4 is 0 Å². The minimum atomic E-state index is 0.966. The Kier molecular flexibility index (Phi) is 5.54. The van der Waals surface area contributed by atoms with Crippen LogP contribution in [0.15, 0.2) is 0 Å². The van der Waals surface area contributed by atoms with Gasteiger partial charge in [0.15, 0.2) is 0 Å². The SMILES string of the molecule is CCC1CCC(CNC)C(C2CCCC(C)C2)C1. The molecule has 1 nitrogen and oxygen atoms in total. The van der Waals surface area contributed by atoms with Crippen LogP contribution < -0.4 is 5.32 Å². The van der Waals surface area contributed by atoms with Crippen LogP contribution in [0, 0.1) is 29.6 Å². The van der Waals surface area contributed by atoms with Crippen LogP contribution in [-0.4, -0.2) is 13.6 Å². The minimum Gasteiger partial charge on any atom is -0.319 e. The summed E-state index contributed by atoms with van der Waals surface area (Å²) >= 11 is 0. The molecule has 0 aromatic heterocycles. The quantitative estimate of drug-likeness (QED) is 0.777. The molecular weight excluding hydrogens is 218 g/mol. The Labute approximate surface area is 114 Å². The van der Waals surface area contributed by atoms with E-state index in [0.717, 1.165) is 29.6 Å². The number of rotatable bonds is 4. The van der Waals surface area contributed by atoms with Crippen molar-refractivity contribution in [2.75, 3.05) is 13.6 Å². The first-order valence-corrected chi connectivity index (χ1v) is 8.39. The molecule has 0 heterocycles. The first-order valence-electron chi connectivity index (χ1n) is 8.39. The van der Waals surface area contributed by atoms with Crippen LogP contribution in [0.25, 0.3) is 0 Å². The van der Waals surface area contributed by atoms with E-state index in [1.165, 1.54) is 57.9 Å². The standard InChI is InChI=1S/C17H33N/c1-4-14-8-9-16(12-18-3)17(11-14)15-7-5-6-13(2)10-15/h13-18H,4-12H2,1-3H3. The van der Waals surface area contributed by atoms with Gasteiger partial charge in [-0.3, -0.25) is 0 Å². The lowest BCUT2D eigenvalue weighted by Crippen LogP contribution is -2.37. The van der Waals surface area contributed by atoms with Crippen LogP contribution in [0.4, 0.5) is 0 Å². The lowest BCUT2D eigenvalue weighted by molar-refractivity contribution is 0.0819. The summed E-state index contributed by atoms with van der Waals surface area (Å²) < 4.78 is 0. The Morgan fingerprint density at radius 2 is 1.89 bits per heavy atom. The van der Waals surface area contributed by atoms with Gasteiger partial charge in [0, 0.05) is 0 Å². The highest BCUT2D eigenvalue weighted by Gasteiger charge is 2.36. The summed E-state index contributed by atoms with van der Waals surface area (Å²) in [5.74, 6) is 5.05. The zero-order chi connectivity index (χ0) is 13.0. The van der Waals surface area contributed by atoms with E-state index in [-0.39, 0.29) is 0 Å². The molecule has 0 saturated heterocycles. The molecule has 106 valence electrons. The second kappa shape index (κ2) is 6.93. The van der Waals surface area contributed by atoms with Gasteiger partial charge in [-0.1, -0.05) is 46.0 Å². The molecule has 0 aromatic carbocycles. The molecule has 1 N–H and O–H groups in total. The second-order valence-electron chi connectivity index (χ2n) is 7.10. The number of nitrogens with one attached hydrogen (secondary N) is 1.